The highest BCUT2D eigenvalue weighted by molar-refractivity contribution is 5.60. The van der Waals surface area contributed by atoms with E-state index in [1.165, 1.54) is 12.3 Å². The monoisotopic (exact) mass is 289 g/mol. The molecule has 112 valence electrons. The molecule has 1 atom stereocenters. The maximum Gasteiger partial charge on any atom is 0.312 e. The number of pyridine rings is 1. The number of nitrogens with zero attached hydrogens (tertiary/aromatic N) is 4. The Morgan fingerprint density at radius 1 is 1.62 bits per heavy atom. The highest BCUT2D eigenvalue weighted by Crippen LogP contribution is 2.32. The molecule has 21 heavy (non-hydrogen) atoms. The van der Waals surface area contributed by atoms with E-state index < -0.39 is 4.92 Å². The van der Waals surface area contributed by atoms with Crippen molar-refractivity contribution in [1.82, 2.24) is 10.3 Å². The van der Waals surface area contributed by atoms with Gasteiger partial charge < -0.3 is 10.2 Å². The molecule has 2 heterocycles. The van der Waals surface area contributed by atoms with E-state index in [0.29, 0.717) is 5.82 Å². The molecule has 1 aromatic heterocycles. The molecule has 0 aliphatic carbocycles. The SMILES string of the molecule is CNCCC1CCCCN1c1ncc(C#N)cc1[N+](=O)[O-]. The van der Waals surface area contributed by atoms with Crippen molar-refractivity contribution < 1.29 is 4.92 Å². The number of piperidine rings is 1. The molecule has 1 unspecified atom stereocenters. The number of hydrogen-bond donors (Lipinski definition) is 1. The summed E-state index contributed by atoms with van der Waals surface area (Å²) in [5.41, 5.74) is 0.139. The largest absolute Gasteiger partial charge is 0.348 e. The van der Waals surface area contributed by atoms with Crippen molar-refractivity contribution in [3.63, 3.8) is 0 Å². The topological polar surface area (TPSA) is 95.1 Å². The van der Waals surface area contributed by atoms with Crippen molar-refractivity contribution in [3.8, 4) is 6.07 Å². The van der Waals surface area contributed by atoms with E-state index in [1.807, 2.05) is 18.0 Å². The lowest BCUT2D eigenvalue weighted by atomic mass is 9.99. The van der Waals surface area contributed by atoms with E-state index in [0.717, 1.165) is 38.8 Å². The van der Waals surface area contributed by atoms with Gasteiger partial charge in [-0.2, -0.15) is 5.26 Å². The molecule has 7 heteroatoms. The van der Waals surface area contributed by atoms with Gasteiger partial charge in [0.2, 0.25) is 5.82 Å². The van der Waals surface area contributed by atoms with Gasteiger partial charge in [0.1, 0.15) is 6.07 Å². The summed E-state index contributed by atoms with van der Waals surface area (Å²) in [6, 6.07) is 3.47. The van der Waals surface area contributed by atoms with E-state index >= 15 is 0 Å². The van der Waals surface area contributed by atoms with Crippen molar-refractivity contribution in [2.45, 2.75) is 31.7 Å². The first-order valence-electron chi connectivity index (χ1n) is 7.13. The smallest absolute Gasteiger partial charge is 0.312 e. The van der Waals surface area contributed by atoms with Gasteiger partial charge in [-0.1, -0.05) is 0 Å². The minimum absolute atomic E-state index is 0.0783. The van der Waals surface area contributed by atoms with Crippen molar-refractivity contribution in [1.29, 1.82) is 5.26 Å². The zero-order valence-electron chi connectivity index (χ0n) is 12.1. The molecule has 0 bridgehead atoms. The lowest BCUT2D eigenvalue weighted by Crippen LogP contribution is -2.41. The maximum absolute atomic E-state index is 11.3. The average molecular weight is 289 g/mol. The molecule has 0 saturated carbocycles. The summed E-state index contributed by atoms with van der Waals surface area (Å²) >= 11 is 0. The zero-order chi connectivity index (χ0) is 15.2. The van der Waals surface area contributed by atoms with Crippen molar-refractivity contribution in [2.75, 3.05) is 25.0 Å². The van der Waals surface area contributed by atoms with Crippen LogP contribution in [0.2, 0.25) is 0 Å². The van der Waals surface area contributed by atoms with Gasteiger partial charge in [0, 0.05) is 24.8 Å². The molecule has 0 radical (unpaired) electrons. The van der Waals surface area contributed by atoms with E-state index in [9.17, 15) is 10.1 Å². The van der Waals surface area contributed by atoms with Gasteiger partial charge in [-0.3, -0.25) is 10.1 Å². The average Bonchev–Trinajstić information content (AvgIpc) is 2.52. The van der Waals surface area contributed by atoms with E-state index in [-0.39, 0.29) is 17.3 Å². The van der Waals surface area contributed by atoms with Crippen LogP contribution in [0.15, 0.2) is 12.3 Å². The van der Waals surface area contributed by atoms with E-state index in [2.05, 4.69) is 10.3 Å². The van der Waals surface area contributed by atoms with Crippen LogP contribution in [0, 0.1) is 21.4 Å². The van der Waals surface area contributed by atoms with Crippen LogP contribution in [-0.4, -0.2) is 36.1 Å². The first-order chi connectivity index (χ1) is 10.2. The van der Waals surface area contributed by atoms with Crippen LogP contribution >= 0.6 is 0 Å². The number of nitriles is 1. The first kappa shape index (κ1) is 15.2. The second-order valence-electron chi connectivity index (χ2n) is 5.17. The maximum atomic E-state index is 11.3. The van der Waals surface area contributed by atoms with Crippen LogP contribution < -0.4 is 10.2 Å². The molecule has 1 saturated heterocycles. The zero-order valence-corrected chi connectivity index (χ0v) is 12.1. The van der Waals surface area contributed by atoms with Gasteiger partial charge in [0.15, 0.2) is 0 Å². The Hall–Kier alpha value is -2.20. The van der Waals surface area contributed by atoms with Gasteiger partial charge >= 0.3 is 5.69 Å². The van der Waals surface area contributed by atoms with Crippen molar-refractivity contribution in [3.05, 3.63) is 27.9 Å². The number of hydrogen-bond acceptors (Lipinski definition) is 6. The molecular formula is C14H19N5O2. The fraction of sp³-hybridized carbons (Fsp3) is 0.571. The summed E-state index contributed by atoms with van der Waals surface area (Å²) in [6.07, 6.45) is 5.49. The van der Waals surface area contributed by atoms with Crippen molar-refractivity contribution in [2.24, 2.45) is 0 Å². The predicted molar refractivity (Wildman–Crippen MR) is 79.1 cm³/mol. The molecule has 7 nitrogen and oxygen atoms in total. The molecule has 0 aromatic carbocycles. The summed E-state index contributed by atoms with van der Waals surface area (Å²) < 4.78 is 0. The first-order valence-corrected chi connectivity index (χ1v) is 7.13. The fourth-order valence-corrected chi connectivity index (χ4v) is 2.75. The molecule has 1 aromatic rings. The fourth-order valence-electron chi connectivity index (χ4n) is 2.75. The Labute approximate surface area is 123 Å². The minimum Gasteiger partial charge on any atom is -0.348 e. The summed E-state index contributed by atoms with van der Waals surface area (Å²) in [5.74, 6) is 0.389. The Balaban J connectivity index is 2.33. The quantitative estimate of drug-likeness (QED) is 0.656. The number of nitro groups is 1. The molecule has 2 rings (SSSR count). The van der Waals surface area contributed by atoms with Gasteiger partial charge in [0.05, 0.1) is 10.5 Å². The Kier molecular flexibility index (Phi) is 5.06. The summed E-state index contributed by atoms with van der Waals surface area (Å²) in [4.78, 5) is 17.0. The van der Waals surface area contributed by atoms with Crippen LogP contribution in [-0.2, 0) is 0 Å². The molecule has 0 amide bonds. The highest BCUT2D eigenvalue weighted by atomic mass is 16.6. The predicted octanol–water partition coefficient (Wildman–Crippen LogP) is 1.83. The normalized spacial score (nSPS) is 18.3. The van der Waals surface area contributed by atoms with Crippen LogP contribution in [0.4, 0.5) is 11.5 Å². The standard InChI is InChI=1S/C14H19N5O2/c1-16-6-5-12-4-2-3-7-18(12)14-13(19(20)21)8-11(9-15)10-17-14/h8,10,12,16H,2-7H2,1H3. The molecular weight excluding hydrogens is 270 g/mol. The molecule has 1 fully saturated rings. The van der Waals surface area contributed by atoms with Gasteiger partial charge in [-0.05, 0) is 39.3 Å². The number of anilines is 1. The van der Waals surface area contributed by atoms with Gasteiger partial charge in [-0.15, -0.1) is 0 Å². The Morgan fingerprint density at radius 2 is 2.43 bits per heavy atom. The number of rotatable bonds is 5. The summed E-state index contributed by atoms with van der Waals surface area (Å²) in [5, 5.41) is 23.3. The van der Waals surface area contributed by atoms with Crippen LogP contribution in [0.1, 0.15) is 31.2 Å². The molecule has 1 aliphatic heterocycles. The lowest BCUT2D eigenvalue weighted by Gasteiger charge is -2.36. The second-order valence-corrected chi connectivity index (χ2v) is 5.17. The third kappa shape index (κ3) is 3.47. The van der Waals surface area contributed by atoms with Crippen LogP contribution in [0.3, 0.4) is 0 Å². The second kappa shape index (κ2) is 6.99. The van der Waals surface area contributed by atoms with Crippen molar-refractivity contribution >= 4 is 11.5 Å². The Morgan fingerprint density at radius 3 is 3.10 bits per heavy atom. The molecule has 0 spiro atoms. The lowest BCUT2D eigenvalue weighted by molar-refractivity contribution is -0.384. The molecule has 1 aliphatic rings. The van der Waals surface area contributed by atoms with Crippen LogP contribution in [0.25, 0.3) is 0 Å². The van der Waals surface area contributed by atoms with Crippen LogP contribution in [0.5, 0.6) is 0 Å². The van der Waals surface area contributed by atoms with Gasteiger partial charge in [-0.25, -0.2) is 4.98 Å². The third-order valence-electron chi connectivity index (χ3n) is 3.80. The Bertz CT molecular complexity index is 555. The molecule has 1 N–H and O–H groups in total. The van der Waals surface area contributed by atoms with E-state index in [1.54, 1.807) is 0 Å². The van der Waals surface area contributed by atoms with E-state index in [4.69, 9.17) is 5.26 Å². The summed E-state index contributed by atoms with van der Waals surface area (Å²) in [6.45, 7) is 1.64. The third-order valence-corrected chi connectivity index (χ3v) is 3.80. The minimum atomic E-state index is -0.451. The summed E-state index contributed by atoms with van der Waals surface area (Å²) in [7, 11) is 1.90. The highest BCUT2D eigenvalue weighted by Gasteiger charge is 2.29. The van der Waals surface area contributed by atoms with Gasteiger partial charge in [0.25, 0.3) is 0 Å². The number of aromatic nitrogens is 1. The number of nitrogens with one attached hydrogen (secondary N) is 1.